The molecule has 35 heavy (non-hydrogen) atoms. The van der Waals surface area contributed by atoms with Crippen LogP contribution >= 0.6 is 0 Å². The summed E-state index contributed by atoms with van der Waals surface area (Å²) in [7, 11) is 2.94. The predicted octanol–water partition coefficient (Wildman–Crippen LogP) is 5.36. The molecule has 1 heterocycles. The third-order valence-electron chi connectivity index (χ3n) is 6.68. The Morgan fingerprint density at radius 2 is 1.74 bits per heavy atom. The summed E-state index contributed by atoms with van der Waals surface area (Å²) < 4.78 is 16.8. The Labute approximate surface area is 207 Å². The van der Waals surface area contributed by atoms with Gasteiger partial charge in [0.2, 0.25) is 0 Å². The second kappa shape index (κ2) is 9.61. The topological polar surface area (TPSA) is 73.9 Å². The van der Waals surface area contributed by atoms with Gasteiger partial charge in [0.1, 0.15) is 6.61 Å². The van der Waals surface area contributed by atoms with E-state index in [0.29, 0.717) is 41.4 Å². The summed E-state index contributed by atoms with van der Waals surface area (Å²) in [5.74, 6) is 0.184. The lowest BCUT2D eigenvalue weighted by Crippen LogP contribution is -2.38. The zero-order valence-electron chi connectivity index (χ0n) is 21.3. The highest BCUT2D eigenvalue weighted by Gasteiger charge is 2.43. The summed E-state index contributed by atoms with van der Waals surface area (Å²) in [4.78, 5) is 26.2. The Hall–Kier alpha value is -3.54. The summed E-state index contributed by atoms with van der Waals surface area (Å²) >= 11 is 0. The molecule has 0 radical (unpaired) electrons. The number of allylic oxidation sites excluding steroid dienone is 3. The molecule has 0 aromatic heterocycles. The van der Waals surface area contributed by atoms with Crippen molar-refractivity contribution in [1.29, 1.82) is 0 Å². The zero-order valence-corrected chi connectivity index (χ0v) is 21.3. The average molecular weight is 476 g/mol. The molecule has 2 aromatic carbocycles. The van der Waals surface area contributed by atoms with Crippen LogP contribution in [0.15, 0.2) is 65.0 Å². The molecule has 0 bridgehead atoms. The van der Waals surface area contributed by atoms with Crippen molar-refractivity contribution in [2.45, 2.75) is 53.1 Å². The second-order valence-corrected chi connectivity index (χ2v) is 10.1. The van der Waals surface area contributed by atoms with Crippen LogP contribution in [-0.4, -0.2) is 26.0 Å². The Balaban J connectivity index is 1.73. The van der Waals surface area contributed by atoms with Gasteiger partial charge in [0.05, 0.1) is 19.8 Å². The van der Waals surface area contributed by atoms with Gasteiger partial charge < -0.3 is 19.5 Å². The van der Waals surface area contributed by atoms with Crippen LogP contribution in [0.4, 0.5) is 0 Å². The highest BCUT2D eigenvalue weighted by molar-refractivity contribution is 6.04. The van der Waals surface area contributed by atoms with E-state index >= 15 is 0 Å². The Morgan fingerprint density at radius 1 is 1.03 bits per heavy atom. The first kappa shape index (κ1) is 24.6. The van der Waals surface area contributed by atoms with Crippen molar-refractivity contribution in [3.63, 3.8) is 0 Å². The van der Waals surface area contributed by atoms with Gasteiger partial charge in [-0.25, -0.2) is 4.79 Å². The SMILES string of the molecule is COC(=O)C1=C(C)NC2=C(C(=O)CC(C)(C)C2)[C@@H]1c1ccc(OCc2ccc(C)cc2)c(OC)c1. The molecule has 1 aliphatic carbocycles. The molecule has 2 aliphatic rings. The first-order chi connectivity index (χ1) is 16.6. The van der Waals surface area contributed by atoms with Gasteiger partial charge in [-0.2, -0.15) is 0 Å². The summed E-state index contributed by atoms with van der Waals surface area (Å²) in [6, 6.07) is 13.8. The number of rotatable bonds is 6. The fourth-order valence-corrected chi connectivity index (χ4v) is 4.98. The van der Waals surface area contributed by atoms with E-state index in [0.717, 1.165) is 23.2 Å². The van der Waals surface area contributed by atoms with Crippen molar-refractivity contribution < 1.29 is 23.8 Å². The summed E-state index contributed by atoms with van der Waals surface area (Å²) in [6.07, 6.45) is 1.15. The maximum atomic E-state index is 13.4. The van der Waals surface area contributed by atoms with Crippen molar-refractivity contribution in [3.8, 4) is 11.5 Å². The highest BCUT2D eigenvalue weighted by atomic mass is 16.5. The van der Waals surface area contributed by atoms with Crippen LogP contribution in [0.5, 0.6) is 11.5 Å². The normalized spacial score (nSPS) is 19.1. The van der Waals surface area contributed by atoms with Crippen LogP contribution in [0.3, 0.4) is 0 Å². The lowest BCUT2D eigenvalue weighted by molar-refractivity contribution is -0.136. The number of aryl methyl sites for hydroxylation is 1. The Kier molecular flexibility index (Phi) is 6.75. The monoisotopic (exact) mass is 475 g/mol. The van der Waals surface area contributed by atoms with Crippen LogP contribution in [0, 0.1) is 12.3 Å². The van der Waals surface area contributed by atoms with E-state index < -0.39 is 11.9 Å². The van der Waals surface area contributed by atoms with Gasteiger partial charge in [-0.3, -0.25) is 4.79 Å². The van der Waals surface area contributed by atoms with Gasteiger partial charge in [0, 0.05) is 29.3 Å². The number of hydrogen-bond donors (Lipinski definition) is 1. The molecule has 0 saturated carbocycles. The van der Waals surface area contributed by atoms with E-state index in [9.17, 15) is 9.59 Å². The molecule has 0 unspecified atom stereocenters. The van der Waals surface area contributed by atoms with Crippen LogP contribution in [0.1, 0.15) is 56.2 Å². The number of ether oxygens (including phenoxy) is 3. The molecule has 1 atom stereocenters. The molecule has 0 spiro atoms. The minimum absolute atomic E-state index is 0.0429. The number of nitrogens with one attached hydrogen (secondary N) is 1. The fraction of sp³-hybridized carbons (Fsp3) is 0.379. The summed E-state index contributed by atoms with van der Waals surface area (Å²) in [5.41, 5.74) is 5.52. The van der Waals surface area contributed by atoms with Gasteiger partial charge >= 0.3 is 5.97 Å². The Morgan fingerprint density at radius 3 is 2.40 bits per heavy atom. The fourth-order valence-electron chi connectivity index (χ4n) is 4.98. The number of hydrogen-bond acceptors (Lipinski definition) is 6. The van der Waals surface area contributed by atoms with Crippen LogP contribution in [0.2, 0.25) is 0 Å². The zero-order chi connectivity index (χ0) is 25.3. The van der Waals surface area contributed by atoms with Gasteiger partial charge in [-0.15, -0.1) is 0 Å². The third kappa shape index (κ3) is 4.97. The smallest absolute Gasteiger partial charge is 0.336 e. The van der Waals surface area contributed by atoms with Crippen LogP contribution in [0.25, 0.3) is 0 Å². The highest BCUT2D eigenvalue weighted by Crippen LogP contribution is 2.47. The molecule has 6 heteroatoms. The first-order valence-corrected chi connectivity index (χ1v) is 11.8. The Bertz CT molecular complexity index is 1220. The van der Waals surface area contributed by atoms with Gasteiger partial charge in [-0.1, -0.05) is 49.7 Å². The minimum atomic E-state index is -0.539. The van der Waals surface area contributed by atoms with Gasteiger partial charge in [0.15, 0.2) is 17.3 Å². The maximum absolute atomic E-state index is 13.4. The van der Waals surface area contributed by atoms with Crippen molar-refractivity contribution in [1.82, 2.24) is 5.32 Å². The van der Waals surface area contributed by atoms with Crippen LogP contribution in [-0.2, 0) is 20.9 Å². The molecule has 1 aliphatic heterocycles. The van der Waals surface area contributed by atoms with E-state index in [1.54, 1.807) is 7.11 Å². The second-order valence-electron chi connectivity index (χ2n) is 10.1. The number of benzene rings is 2. The van der Waals surface area contributed by atoms with Crippen molar-refractivity contribution in [2.24, 2.45) is 5.41 Å². The van der Waals surface area contributed by atoms with Crippen molar-refractivity contribution >= 4 is 11.8 Å². The number of esters is 1. The predicted molar refractivity (Wildman–Crippen MR) is 134 cm³/mol. The lowest BCUT2D eigenvalue weighted by Gasteiger charge is -2.39. The van der Waals surface area contributed by atoms with Crippen molar-refractivity contribution in [3.05, 3.63) is 81.7 Å². The number of methoxy groups -OCH3 is 2. The number of ketones is 1. The maximum Gasteiger partial charge on any atom is 0.336 e. The molecule has 6 nitrogen and oxygen atoms in total. The van der Waals surface area contributed by atoms with E-state index in [2.05, 4.69) is 19.2 Å². The standard InChI is InChI=1S/C29H33NO5/c1-17-7-9-19(10-8-17)16-35-23-12-11-20(13-24(23)33-5)26-25(28(32)34-6)18(2)30-21-14-29(3,4)15-22(31)27(21)26/h7-13,26,30H,14-16H2,1-6H3/t26-/m1/s1. The number of Topliss-reactive ketones (excluding diaryl/α,β-unsaturated/α-hetero) is 1. The molecule has 0 fully saturated rings. The van der Waals surface area contributed by atoms with E-state index in [1.165, 1.54) is 12.7 Å². The lowest BCUT2D eigenvalue weighted by atomic mass is 9.68. The first-order valence-electron chi connectivity index (χ1n) is 11.8. The summed E-state index contributed by atoms with van der Waals surface area (Å²) in [5, 5.41) is 3.33. The van der Waals surface area contributed by atoms with E-state index in [1.807, 2.05) is 56.3 Å². The molecule has 2 aromatic rings. The molecular formula is C29H33NO5. The van der Waals surface area contributed by atoms with Crippen LogP contribution < -0.4 is 14.8 Å². The van der Waals surface area contributed by atoms with E-state index in [4.69, 9.17) is 14.2 Å². The molecule has 0 saturated heterocycles. The minimum Gasteiger partial charge on any atom is -0.493 e. The molecular weight excluding hydrogens is 442 g/mol. The number of dihydropyridines is 1. The number of carbonyl (C=O) groups excluding carboxylic acids is 2. The molecule has 184 valence electrons. The third-order valence-corrected chi connectivity index (χ3v) is 6.68. The van der Waals surface area contributed by atoms with E-state index in [-0.39, 0.29) is 11.2 Å². The van der Waals surface area contributed by atoms with Gasteiger partial charge in [0.25, 0.3) is 0 Å². The van der Waals surface area contributed by atoms with Crippen molar-refractivity contribution in [2.75, 3.05) is 14.2 Å². The quantitative estimate of drug-likeness (QED) is 0.567. The largest absolute Gasteiger partial charge is 0.493 e. The molecule has 0 amide bonds. The molecule has 1 N–H and O–H groups in total. The van der Waals surface area contributed by atoms with Gasteiger partial charge in [-0.05, 0) is 48.9 Å². The average Bonchev–Trinajstić information content (AvgIpc) is 2.81. The number of carbonyl (C=O) groups is 2. The molecule has 4 rings (SSSR count). The summed E-state index contributed by atoms with van der Waals surface area (Å²) in [6.45, 7) is 8.47.